The lowest BCUT2D eigenvalue weighted by atomic mass is 10.1. The van der Waals surface area contributed by atoms with E-state index in [1.165, 1.54) is 0 Å². The number of nitrogens with zero attached hydrogens (tertiary/aromatic N) is 1. The molecule has 0 bridgehead atoms. The summed E-state index contributed by atoms with van der Waals surface area (Å²) in [5, 5.41) is 9.72. The number of para-hydroxylation sites is 1. The van der Waals surface area contributed by atoms with E-state index in [-0.39, 0.29) is 0 Å². The SMILES string of the molecule is CCN(C)Cc1cccc(C)c1O. The molecular formula is C11H17NO. The second-order valence-corrected chi connectivity index (χ2v) is 3.41. The van der Waals surface area contributed by atoms with Crippen LogP contribution in [0, 0.1) is 6.92 Å². The molecule has 1 aromatic carbocycles. The average Bonchev–Trinajstić information content (AvgIpc) is 2.13. The molecule has 0 radical (unpaired) electrons. The van der Waals surface area contributed by atoms with Gasteiger partial charge in [-0.1, -0.05) is 25.1 Å². The van der Waals surface area contributed by atoms with Crippen molar-refractivity contribution in [2.75, 3.05) is 13.6 Å². The Labute approximate surface area is 79.8 Å². The maximum Gasteiger partial charge on any atom is 0.122 e. The van der Waals surface area contributed by atoms with Gasteiger partial charge in [-0.05, 0) is 26.1 Å². The van der Waals surface area contributed by atoms with Crippen molar-refractivity contribution in [2.45, 2.75) is 20.4 Å². The first-order chi connectivity index (χ1) is 6.15. The van der Waals surface area contributed by atoms with Crippen molar-refractivity contribution in [3.8, 4) is 5.75 Å². The van der Waals surface area contributed by atoms with Crippen LogP contribution in [0.4, 0.5) is 0 Å². The smallest absolute Gasteiger partial charge is 0.122 e. The first-order valence-corrected chi connectivity index (χ1v) is 4.61. The minimum Gasteiger partial charge on any atom is -0.507 e. The Kier molecular flexibility index (Phi) is 3.32. The zero-order valence-electron chi connectivity index (χ0n) is 8.54. The molecule has 0 fully saturated rings. The molecule has 0 saturated heterocycles. The summed E-state index contributed by atoms with van der Waals surface area (Å²) >= 11 is 0. The molecule has 0 amide bonds. The third-order valence-electron chi connectivity index (χ3n) is 2.30. The summed E-state index contributed by atoms with van der Waals surface area (Å²) in [5.74, 6) is 0.433. The molecule has 0 spiro atoms. The predicted octanol–water partition coefficient (Wildman–Crippen LogP) is 2.15. The molecule has 1 aromatic rings. The number of rotatable bonds is 3. The molecule has 1 rings (SSSR count). The Morgan fingerprint density at radius 3 is 2.69 bits per heavy atom. The molecule has 0 atom stereocenters. The van der Waals surface area contributed by atoms with Gasteiger partial charge in [-0.3, -0.25) is 0 Å². The summed E-state index contributed by atoms with van der Waals surface area (Å²) in [6.07, 6.45) is 0. The Morgan fingerprint density at radius 2 is 2.08 bits per heavy atom. The van der Waals surface area contributed by atoms with Crippen LogP contribution in [0.5, 0.6) is 5.75 Å². The topological polar surface area (TPSA) is 23.5 Å². The van der Waals surface area contributed by atoms with Gasteiger partial charge in [0.15, 0.2) is 0 Å². The highest BCUT2D eigenvalue weighted by Crippen LogP contribution is 2.22. The molecule has 2 nitrogen and oxygen atoms in total. The normalized spacial score (nSPS) is 10.8. The number of aryl methyl sites for hydroxylation is 1. The minimum absolute atomic E-state index is 0.433. The summed E-state index contributed by atoms with van der Waals surface area (Å²) in [6.45, 7) is 5.83. The Hall–Kier alpha value is -1.02. The fourth-order valence-electron chi connectivity index (χ4n) is 1.25. The Bertz CT molecular complexity index is 283. The molecule has 0 saturated carbocycles. The van der Waals surface area contributed by atoms with Crippen LogP contribution in [0.25, 0.3) is 0 Å². The van der Waals surface area contributed by atoms with Gasteiger partial charge >= 0.3 is 0 Å². The summed E-state index contributed by atoms with van der Waals surface area (Å²) in [7, 11) is 2.04. The second-order valence-electron chi connectivity index (χ2n) is 3.41. The van der Waals surface area contributed by atoms with Crippen LogP contribution >= 0.6 is 0 Å². The standard InChI is InChI=1S/C11H17NO/c1-4-12(3)8-10-7-5-6-9(2)11(10)13/h5-7,13H,4,8H2,1-3H3. The number of hydrogen-bond acceptors (Lipinski definition) is 2. The molecule has 72 valence electrons. The number of phenolic OH excluding ortho intramolecular Hbond substituents is 1. The highest BCUT2D eigenvalue weighted by molar-refractivity contribution is 5.39. The van der Waals surface area contributed by atoms with Crippen molar-refractivity contribution in [2.24, 2.45) is 0 Å². The van der Waals surface area contributed by atoms with Gasteiger partial charge in [-0.15, -0.1) is 0 Å². The van der Waals surface area contributed by atoms with E-state index in [1.807, 2.05) is 32.2 Å². The van der Waals surface area contributed by atoms with E-state index >= 15 is 0 Å². The predicted molar refractivity (Wildman–Crippen MR) is 54.9 cm³/mol. The van der Waals surface area contributed by atoms with E-state index in [9.17, 15) is 5.11 Å². The summed E-state index contributed by atoms with van der Waals surface area (Å²) < 4.78 is 0. The van der Waals surface area contributed by atoms with Crippen LogP contribution in [0.3, 0.4) is 0 Å². The molecule has 13 heavy (non-hydrogen) atoms. The van der Waals surface area contributed by atoms with Crippen LogP contribution in [-0.2, 0) is 6.54 Å². The molecule has 0 aliphatic heterocycles. The van der Waals surface area contributed by atoms with Crippen LogP contribution in [0.15, 0.2) is 18.2 Å². The van der Waals surface area contributed by atoms with E-state index < -0.39 is 0 Å². The quantitative estimate of drug-likeness (QED) is 0.768. The van der Waals surface area contributed by atoms with Crippen LogP contribution in [-0.4, -0.2) is 23.6 Å². The fraction of sp³-hybridized carbons (Fsp3) is 0.455. The van der Waals surface area contributed by atoms with Crippen LogP contribution in [0.2, 0.25) is 0 Å². The Balaban J connectivity index is 2.83. The fourth-order valence-corrected chi connectivity index (χ4v) is 1.25. The van der Waals surface area contributed by atoms with Crippen molar-refractivity contribution in [1.82, 2.24) is 4.90 Å². The van der Waals surface area contributed by atoms with E-state index in [2.05, 4.69) is 11.8 Å². The van der Waals surface area contributed by atoms with Gasteiger partial charge in [-0.25, -0.2) is 0 Å². The van der Waals surface area contributed by atoms with Gasteiger partial charge in [0.25, 0.3) is 0 Å². The van der Waals surface area contributed by atoms with Gasteiger partial charge < -0.3 is 10.0 Å². The first kappa shape index (κ1) is 10.1. The van der Waals surface area contributed by atoms with E-state index in [0.717, 1.165) is 24.2 Å². The second kappa shape index (κ2) is 4.28. The third kappa shape index (κ3) is 2.46. The van der Waals surface area contributed by atoms with Gasteiger partial charge in [0.2, 0.25) is 0 Å². The van der Waals surface area contributed by atoms with Crippen LogP contribution < -0.4 is 0 Å². The van der Waals surface area contributed by atoms with E-state index in [4.69, 9.17) is 0 Å². The maximum atomic E-state index is 9.72. The molecule has 1 N–H and O–H groups in total. The third-order valence-corrected chi connectivity index (χ3v) is 2.30. The highest BCUT2D eigenvalue weighted by Gasteiger charge is 2.04. The number of benzene rings is 1. The highest BCUT2D eigenvalue weighted by atomic mass is 16.3. The lowest BCUT2D eigenvalue weighted by Crippen LogP contribution is -2.16. The number of hydrogen-bond donors (Lipinski definition) is 1. The van der Waals surface area contributed by atoms with E-state index in [1.54, 1.807) is 0 Å². The molecular weight excluding hydrogens is 162 g/mol. The van der Waals surface area contributed by atoms with Crippen molar-refractivity contribution >= 4 is 0 Å². The van der Waals surface area contributed by atoms with E-state index in [0.29, 0.717) is 5.75 Å². The summed E-state index contributed by atoms with van der Waals surface area (Å²) in [6, 6.07) is 5.87. The molecule has 0 unspecified atom stereocenters. The average molecular weight is 179 g/mol. The monoisotopic (exact) mass is 179 g/mol. The lowest BCUT2D eigenvalue weighted by Gasteiger charge is -2.15. The van der Waals surface area contributed by atoms with Gasteiger partial charge in [-0.2, -0.15) is 0 Å². The van der Waals surface area contributed by atoms with Gasteiger partial charge in [0.05, 0.1) is 0 Å². The molecule has 0 aromatic heterocycles. The van der Waals surface area contributed by atoms with Gasteiger partial charge in [0, 0.05) is 12.1 Å². The van der Waals surface area contributed by atoms with Crippen LogP contribution in [0.1, 0.15) is 18.1 Å². The van der Waals surface area contributed by atoms with Gasteiger partial charge in [0.1, 0.15) is 5.75 Å². The summed E-state index contributed by atoms with van der Waals surface area (Å²) in [4.78, 5) is 2.16. The summed E-state index contributed by atoms with van der Waals surface area (Å²) in [5.41, 5.74) is 1.95. The minimum atomic E-state index is 0.433. The van der Waals surface area contributed by atoms with Crippen molar-refractivity contribution in [3.63, 3.8) is 0 Å². The number of phenols is 1. The Morgan fingerprint density at radius 1 is 1.38 bits per heavy atom. The van der Waals surface area contributed by atoms with Crippen molar-refractivity contribution < 1.29 is 5.11 Å². The van der Waals surface area contributed by atoms with Crippen molar-refractivity contribution in [1.29, 1.82) is 0 Å². The van der Waals surface area contributed by atoms with Crippen molar-refractivity contribution in [3.05, 3.63) is 29.3 Å². The molecule has 0 aliphatic carbocycles. The zero-order chi connectivity index (χ0) is 9.84. The zero-order valence-corrected chi connectivity index (χ0v) is 8.54. The lowest BCUT2D eigenvalue weighted by molar-refractivity contribution is 0.337. The first-order valence-electron chi connectivity index (χ1n) is 4.61. The maximum absolute atomic E-state index is 9.72. The number of aromatic hydroxyl groups is 1. The largest absolute Gasteiger partial charge is 0.507 e. The molecule has 2 heteroatoms. The molecule has 0 aliphatic rings. The molecule has 0 heterocycles.